The molecule has 0 unspecified atom stereocenters. The van der Waals surface area contributed by atoms with Crippen molar-refractivity contribution in [1.29, 1.82) is 0 Å². The number of phosphoric ester groups is 1. The summed E-state index contributed by atoms with van der Waals surface area (Å²) in [7, 11) is -0.584. The molecule has 2 aromatic heterocycles. The van der Waals surface area contributed by atoms with E-state index in [1.807, 2.05) is 5.92 Å². The molecule has 4 atom stereocenters. The van der Waals surface area contributed by atoms with Crippen molar-refractivity contribution in [2.24, 2.45) is 0 Å². The highest BCUT2D eigenvalue weighted by Crippen LogP contribution is 2.59. The maximum Gasteiger partial charge on any atom is 0.587 e. The van der Waals surface area contributed by atoms with Crippen LogP contribution in [0.15, 0.2) is 30.6 Å². The number of benzene rings is 1. The molecule has 3 aromatic rings. The van der Waals surface area contributed by atoms with Crippen LogP contribution in [0.5, 0.6) is 11.5 Å². The fourth-order valence-electron chi connectivity index (χ4n) is 3.79. The number of halogens is 1. The average Bonchev–Trinajstić information content (AvgIpc) is 3.44. The molecule has 1 aromatic carbocycles. The highest BCUT2D eigenvalue weighted by atomic mass is 31.2. The summed E-state index contributed by atoms with van der Waals surface area (Å²) in [6.07, 6.45) is 2.02. The lowest BCUT2D eigenvalue weighted by atomic mass is 9.97. The molecule has 2 aliphatic heterocycles. The number of anilines is 2. The van der Waals surface area contributed by atoms with Crippen LogP contribution in [-0.2, 0) is 13.8 Å². The van der Waals surface area contributed by atoms with Crippen LogP contribution in [0.3, 0.4) is 0 Å². The summed E-state index contributed by atoms with van der Waals surface area (Å²) in [6.45, 7) is -0.539. The summed E-state index contributed by atoms with van der Waals surface area (Å²) in [5.74, 6) is 2.76. The number of hydrogen-bond donors (Lipinski definition) is 2. The second-order valence-corrected chi connectivity index (χ2v) is 9.40. The van der Waals surface area contributed by atoms with Crippen LogP contribution < -0.4 is 19.7 Å². The van der Waals surface area contributed by atoms with Crippen molar-refractivity contribution in [1.82, 2.24) is 19.5 Å². The first kappa shape index (κ1) is 22.4. The van der Waals surface area contributed by atoms with Crippen LogP contribution in [0.4, 0.5) is 16.2 Å². The highest BCUT2D eigenvalue weighted by Gasteiger charge is 2.58. The van der Waals surface area contributed by atoms with Gasteiger partial charge in [-0.2, -0.15) is 9.97 Å². The Kier molecular flexibility index (Phi) is 5.14. The van der Waals surface area contributed by atoms with Crippen molar-refractivity contribution >= 4 is 30.8 Å². The standard InChI is InChI=1S/C20H20FN6O6P/c1-4-20(21)15(28)13(9-30-34(29)32-11-7-5-6-8-12(11)33-34)31-18(20)27-10-23-14-16(26(2)3)24-19(22)25-17(14)27/h1,5-8,10,13,15,18,28H,9H2,2-3H3,(H2,22,24,25)/t13-,15-,18-,20-/m1/s1. The number of nitrogens with two attached hydrogens (primary N) is 1. The SMILES string of the molecule is C#C[C@@]1(F)[C@H](O)[C@@H](COP2(=O)Oc3ccccc3O2)O[C@H]1n1cnc2c(N(C)C)nc(N)nc21. The van der Waals surface area contributed by atoms with E-state index in [9.17, 15) is 9.67 Å². The number of terminal acetylenes is 1. The summed E-state index contributed by atoms with van der Waals surface area (Å²) in [5, 5.41) is 10.7. The van der Waals surface area contributed by atoms with E-state index >= 15 is 4.39 Å². The van der Waals surface area contributed by atoms with E-state index in [2.05, 4.69) is 15.0 Å². The van der Waals surface area contributed by atoms with Crippen LogP contribution in [0, 0.1) is 12.3 Å². The first-order chi connectivity index (χ1) is 16.1. The number of nitrogen functional groups attached to an aromatic ring is 1. The van der Waals surface area contributed by atoms with Gasteiger partial charge in [0.05, 0.1) is 12.9 Å². The lowest BCUT2D eigenvalue weighted by molar-refractivity contribution is -0.0486. The highest BCUT2D eigenvalue weighted by molar-refractivity contribution is 7.49. The fourth-order valence-corrected chi connectivity index (χ4v) is 5.05. The van der Waals surface area contributed by atoms with Gasteiger partial charge in [-0.1, -0.05) is 18.1 Å². The first-order valence-corrected chi connectivity index (χ1v) is 11.5. The molecule has 1 fully saturated rings. The average molecular weight is 490 g/mol. The second-order valence-electron chi connectivity index (χ2n) is 7.88. The Balaban J connectivity index is 1.42. The number of hydrogen-bond acceptors (Lipinski definition) is 11. The molecule has 0 aliphatic carbocycles. The summed E-state index contributed by atoms with van der Waals surface area (Å²) < 4.78 is 51.5. The van der Waals surface area contributed by atoms with Gasteiger partial charge in [0.25, 0.3) is 0 Å². The van der Waals surface area contributed by atoms with Gasteiger partial charge in [0, 0.05) is 14.1 Å². The number of fused-ring (bicyclic) bond motifs is 2. The molecule has 4 heterocycles. The van der Waals surface area contributed by atoms with E-state index in [4.69, 9.17) is 30.5 Å². The van der Waals surface area contributed by atoms with Crippen LogP contribution in [0.2, 0.25) is 0 Å². The van der Waals surface area contributed by atoms with Crippen molar-refractivity contribution in [3.8, 4) is 23.8 Å². The van der Waals surface area contributed by atoms with Crippen LogP contribution in [0.25, 0.3) is 11.2 Å². The van der Waals surface area contributed by atoms with Gasteiger partial charge in [-0.15, -0.1) is 6.42 Å². The van der Waals surface area contributed by atoms with Crippen molar-refractivity contribution in [2.45, 2.75) is 24.1 Å². The molecule has 178 valence electrons. The monoisotopic (exact) mass is 490 g/mol. The molecule has 5 rings (SSSR count). The molecule has 34 heavy (non-hydrogen) atoms. The summed E-state index contributed by atoms with van der Waals surface area (Å²) in [4.78, 5) is 14.2. The predicted molar refractivity (Wildman–Crippen MR) is 118 cm³/mol. The van der Waals surface area contributed by atoms with E-state index < -0.39 is 38.5 Å². The molecule has 0 amide bonds. The van der Waals surface area contributed by atoms with E-state index in [1.165, 1.54) is 10.9 Å². The minimum absolute atomic E-state index is 0.0743. The zero-order valence-corrected chi connectivity index (χ0v) is 18.9. The topological polar surface area (TPSA) is 147 Å². The number of aromatic nitrogens is 4. The summed E-state index contributed by atoms with van der Waals surface area (Å²) in [6, 6.07) is 6.45. The largest absolute Gasteiger partial charge is 0.587 e. The Morgan fingerprint density at radius 1 is 1.35 bits per heavy atom. The number of imidazole rings is 1. The van der Waals surface area contributed by atoms with Gasteiger partial charge in [0.1, 0.15) is 12.2 Å². The van der Waals surface area contributed by atoms with Gasteiger partial charge in [-0.25, -0.2) is 13.9 Å². The van der Waals surface area contributed by atoms with Crippen LogP contribution in [-0.4, -0.2) is 63.2 Å². The lowest BCUT2D eigenvalue weighted by Crippen LogP contribution is -2.42. The second kappa shape index (κ2) is 7.82. The Bertz CT molecular complexity index is 1330. The predicted octanol–water partition coefficient (Wildman–Crippen LogP) is 1.67. The maximum atomic E-state index is 15.9. The molecule has 0 radical (unpaired) electrons. The number of aliphatic hydroxyl groups excluding tert-OH is 1. The van der Waals surface area contributed by atoms with E-state index in [0.29, 0.717) is 11.3 Å². The zero-order valence-electron chi connectivity index (χ0n) is 18.0. The molecular weight excluding hydrogens is 470 g/mol. The van der Waals surface area contributed by atoms with Gasteiger partial charge < -0.3 is 29.5 Å². The number of para-hydroxylation sites is 2. The van der Waals surface area contributed by atoms with Gasteiger partial charge in [0.2, 0.25) is 11.6 Å². The molecule has 2 aliphatic rings. The van der Waals surface area contributed by atoms with Crippen molar-refractivity contribution < 1.29 is 32.4 Å². The lowest BCUT2D eigenvalue weighted by Gasteiger charge is -2.23. The van der Waals surface area contributed by atoms with Crippen LogP contribution >= 0.6 is 7.82 Å². The normalized spacial score (nSPS) is 27.1. The Hall–Kier alpha value is -3.43. The molecule has 14 heteroatoms. The quantitative estimate of drug-likeness (QED) is 0.398. The Labute approximate surface area is 193 Å². The third kappa shape index (κ3) is 3.43. The molecule has 3 N–H and O–H groups in total. The van der Waals surface area contributed by atoms with E-state index in [1.54, 1.807) is 43.3 Å². The molecular formula is C20H20FN6O6P. The molecule has 1 saturated heterocycles. The first-order valence-electron chi connectivity index (χ1n) is 10.1. The van der Waals surface area contributed by atoms with E-state index in [0.717, 1.165) is 0 Å². The van der Waals surface area contributed by atoms with Crippen molar-refractivity contribution in [3.63, 3.8) is 0 Å². The van der Waals surface area contributed by atoms with Gasteiger partial charge in [0.15, 0.2) is 34.7 Å². The number of nitrogens with zero attached hydrogens (tertiary/aromatic N) is 5. The number of ether oxygens (including phenoxy) is 1. The molecule has 0 saturated carbocycles. The Morgan fingerprint density at radius 3 is 2.65 bits per heavy atom. The smallest absolute Gasteiger partial charge is 0.391 e. The third-order valence-electron chi connectivity index (χ3n) is 5.43. The van der Waals surface area contributed by atoms with Crippen molar-refractivity contribution in [3.05, 3.63) is 30.6 Å². The zero-order chi connectivity index (χ0) is 24.3. The van der Waals surface area contributed by atoms with E-state index in [-0.39, 0.29) is 23.1 Å². The molecule has 12 nitrogen and oxygen atoms in total. The van der Waals surface area contributed by atoms with Gasteiger partial charge in [-0.3, -0.25) is 9.09 Å². The Morgan fingerprint density at radius 2 is 2.03 bits per heavy atom. The molecule has 0 spiro atoms. The number of phosphoric acid groups is 1. The van der Waals surface area contributed by atoms with Gasteiger partial charge in [-0.05, 0) is 12.1 Å². The summed E-state index contributed by atoms with van der Waals surface area (Å²) >= 11 is 0. The van der Waals surface area contributed by atoms with Gasteiger partial charge >= 0.3 is 7.82 Å². The maximum absolute atomic E-state index is 15.9. The number of rotatable bonds is 5. The minimum Gasteiger partial charge on any atom is -0.391 e. The number of aliphatic hydroxyl groups is 1. The van der Waals surface area contributed by atoms with Crippen molar-refractivity contribution in [2.75, 3.05) is 31.3 Å². The van der Waals surface area contributed by atoms with Crippen LogP contribution in [0.1, 0.15) is 6.23 Å². The molecule has 0 bridgehead atoms. The summed E-state index contributed by atoms with van der Waals surface area (Å²) in [5.41, 5.74) is 3.60. The third-order valence-corrected chi connectivity index (χ3v) is 6.74. The number of alkyl halides is 1. The minimum atomic E-state index is -4.05. The fraction of sp³-hybridized carbons (Fsp3) is 0.350.